The molecule has 0 aliphatic rings. The van der Waals surface area contributed by atoms with Gasteiger partial charge < -0.3 is 14.6 Å². The van der Waals surface area contributed by atoms with Crippen molar-refractivity contribution >= 4 is 5.97 Å². The predicted molar refractivity (Wildman–Crippen MR) is 38.7 cm³/mol. The molecule has 0 fully saturated rings. The monoisotopic (exact) mass is 160 g/mol. The highest BCUT2D eigenvalue weighted by Gasteiger charge is 2.21. The number of hydrogen-bond donors (Lipinski definition) is 1. The highest BCUT2D eigenvalue weighted by atomic mass is 16.5. The summed E-state index contributed by atoms with van der Waals surface area (Å²) >= 11 is 0. The fourth-order valence-electron chi connectivity index (χ4n) is 0.592. The van der Waals surface area contributed by atoms with Crippen LogP contribution >= 0.6 is 0 Å². The Bertz CT molecular complexity index is 137. The van der Waals surface area contributed by atoms with Crippen LogP contribution in [0.5, 0.6) is 0 Å². The van der Waals surface area contributed by atoms with E-state index in [-0.39, 0.29) is 12.4 Å². The van der Waals surface area contributed by atoms with E-state index in [1.54, 1.807) is 0 Å². The van der Waals surface area contributed by atoms with E-state index in [9.17, 15) is 4.79 Å². The first-order valence-electron chi connectivity index (χ1n) is 3.08. The van der Waals surface area contributed by atoms with Crippen LogP contribution in [0.1, 0.15) is 0 Å². The van der Waals surface area contributed by atoms with Gasteiger partial charge in [0.15, 0.2) is 0 Å². The second-order valence-corrected chi connectivity index (χ2v) is 1.93. The SMILES string of the molecule is C=C(OC)C(CO)C(=O)OC. The first kappa shape index (κ1) is 9.97. The summed E-state index contributed by atoms with van der Waals surface area (Å²) in [5, 5.41) is 8.69. The third-order valence-electron chi connectivity index (χ3n) is 1.32. The highest BCUT2D eigenvalue weighted by molar-refractivity contribution is 5.75. The van der Waals surface area contributed by atoms with Gasteiger partial charge in [0.1, 0.15) is 11.7 Å². The predicted octanol–water partition coefficient (Wildman–Crippen LogP) is -0.0720. The fourth-order valence-corrected chi connectivity index (χ4v) is 0.592. The molecular weight excluding hydrogens is 148 g/mol. The van der Waals surface area contributed by atoms with Crippen molar-refractivity contribution in [3.05, 3.63) is 12.3 Å². The number of methoxy groups -OCH3 is 2. The Morgan fingerprint density at radius 2 is 2.09 bits per heavy atom. The minimum absolute atomic E-state index is 0.208. The van der Waals surface area contributed by atoms with Crippen LogP contribution in [0.3, 0.4) is 0 Å². The van der Waals surface area contributed by atoms with E-state index in [1.807, 2.05) is 0 Å². The molecule has 0 amide bonds. The van der Waals surface area contributed by atoms with Gasteiger partial charge in [-0.2, -0.15) is 0 Å². The van der Waals surface area contributed by atoms with Gasteiger partial charge in [0.25, 0.3) is 0 Å². The van der Waals surface area contributed by atoms with E-state index in [0.29, 0.717) is 0 Å². The molecule has 0 aromatic rings. The third kappa shape index (κ3) is 2.59. The zero-order chi connectivity index (χ0) is 8.85. The lowest BCUT2D eigenvalue weighted by Crippen LogP contribution is -2.22. The molecule has 0 saturated heterocycles. The fraction of sp³-hybridized carbons (Fsp3) is 0.571. The summed E-state index contributed by atoms with van der Waals surface area (Å²) < 4.78 is 9.06. The molecule has 11 heavy (non-hydrogen) atoms. The second-order valence-electron chi connectivity index (χ2n) is 1.93. The summed E-state index contributed by atoms with van der Waals surface area (Å²) in [6, 6.07) is 0. The molecule has 0 saturated carbocycles. The van der Waals surface area contributed by atoms with E-state index < -0.39 is 11.9 Å². The van der Waals surface area contributed by atoms with Crippen molar-refractivity contribution in [2.24, 2.45) is 5.92 Å². The summed E-state index contributed by atoms with van der Waals surface area (Å²) in [6.45, 7) is 3.08. The Morgan fingerprint density at radius 3 is 2.36 bits per heavy atom. The number of ether oxygens (including phenoxy) is 2. The van der Waals surface area contributed by atoms with Crippen molar-refractivity contribution in [2.45, 2.75) is 0 Å². The van der Waals surface area contributed by atoms with Crippen molar-refractivity contribution < 1.29 is 19.4 Å². The molecule has 64 valence electrons. The Hall–Kier alpha value is -1.03. The maximum absolute atomic E-state index is 10.8. The van der Waals surface area contributed by atoms with Crippen LogP contribution in [0.4, 0.5) is 0 Å². The number of aliphatic hydroxyl groups excluding tert-OH is 1. The third-order valence-corrected chi connectivity index (χ3v) is 1.32. The molecule has 0 radical (unpaired) electrons. The molecule has 0 rings (SSSR count). The van der Waals surface area contributed by atoms with E-state index in [4.69, 9.17) is 5.11 Å². The lowest BCUT2D eigenvalue weighted by Gasteiger charge is -2.12. The van der Waals surface area contributed by atoms with Gasteiger partial charge >= 0.3 is 5.97 Å². The van der Waals surface area contributed by atoms with Gasteiger partial charge in [0.2, 0.25) is 0 Å². The zero-order valence-electron chi connectivity index (χ0n) is 6.66. The Balaban J connectivity index is 4.15. The molecule has 0 bridgehead atoms. The smallest absolute Gasteiger partial charge is 0.318 e. The molecule has 1 unspecified atom stereocenters. The van der Waals surface area contributed by atoms with Crippen molar-refractivity contribution in [2.75, 3.05) is 20.8 Å². The van der Waals surface area contributed by atoms with Gasteiger partial charge in [-0.15, -0.1) is 0 Å². The van der Waals surface area contributed by atoms with Gasteiger partial charge in [-0.25, -0.2) is 0 Å². The van der Waals surface area contributed by atoms with Gasteiger partial charge in [0.05, 0.1) is 20.8 Å². The van der Waals surface area contributed by atoms with Crippen LogP contribution in [0.2, 0.25) is 0 Å². The van der Waals surface area contributed by atoms with Crippen molar-refractivity contribution in [3.8, 4) is 0 Å². The lowest BCUT2D eigenvalue weighted by atomic mass is 10.1. The normalized spacial score (nSPS) is 11.9. The van der Waals surface area contributed by atoms with Crippen molar-refractivity contribution in [1.29, 1.82) is 0 Å². The zero-order valence-corrected chi connectivity index (χ0v) is 6.66. The lowest BCUT2D eigenvalue weighted by molar-refractivity contribution is -0.146. The molecule has 4 nitrogen and oxygen atoms in total. The minimum Gasteiger partial charge on any atom is -0.501 e. The number of aliphatic hydroxyl groups is 1. The highest BCUT2D eigenvalue weighted by Crippen LogP contribution is 2.09. The maximum atomic E-state index is 10.8. The minimum atomic E-state index is -0.773. The van der Waals surface area contributed by atoms with Crippen LogP contribution < -0.4 is 0 Å². The molecule has 0 spiro atoms. The summed E-state index contributed by atoms with van der Waals surface area (Å²) in [7, 11) is 2.63. The van der Waals surface area contributed by atoms with Gasteiger partial charge in [-0.1, -0.05) is 6.58 Å². The molecule has 0 aromatic carbocycles. The molecule has 0 heterocycles. The average molecular weight is 160 g/mol. The Labute approximate surface area is 65.4 Å². The van der Waals surface area contributed by atoms with E-state index >= 15 is 0 Å². The standard InChI is InChI=1S/C7H12O4/c1-5(10-2)6(4-8)7(9)11-3/h6,8H,1,4H2,2-3H3. The summed E-state index contributed by atoms with van der Waals surface area (Å²) in [4.78, 5) is 10.8. The molecule has 1 N–H and O–H groups in total. The molecular formula is C7H12O4. The average Bonchev–Trinajstić information content (AvgIpc) is 2.05. The van der Waals surface area contributed by atoms with Gasteiger partial charge in [-0.05, 0) is 0 Å². The summed E-state index contributed by atoms with van der Waals surface area (Å²) in [6.07, 6.45) is 0. The van der Waals surface area contributed by atoms with Crippen LogP contribution in [-0.2, 0) is 14.3 Å². The van der Waals surface area contributed by atoms with Crippen LogP contribution in [-0.4, -0.2) is 31.9 Å². The number of rotatable bonds is 4. The number of hydrogen-bond acceptors (Lipinski definition) is 4. The molecule has 0 aliphatic carbocycles. The number of carbonyl (C=O) groups excluding carboxylic acids is 1. The summed E-state index contributed by atoms with van der Waals surface area (Å²) in [5.74, 6) is -1.11. The largest absolute Gasteiger partial charge is 0.501 e. The molecule has 4 heteroatoms. The maximum Gasteiger partial charge on any atom is 0.318 e. The van der Waals surface area contributed by atoms with Gasteiger partial charge in [-0.3, -0.25) is 4.79 Å². The van der Waals surface area contributed by atoms with E-state index in [1.165, 1.54) is 14.2 Å². The Kier molecular flexibility index (Phi) is 4.29. The van der Waals surface area contributed by atoms with Crippen LogP contribution in [0, 0.1) is 5.92 Å². The Morgan fingerprint density at radius 1 is 1.55 bits per heavy atom. The van der Waals surface area contributed by atoms with E-state index in [2.05, 4.69) is 16.1 Å². The van der Waals surface area contributed by atoms with Crippen molar-refractivity contribution in [3.63, 3.8) is 0 Å². The van der Waals surface area contributed by atoms with Crippen molar-refractivity contribution in [1.82, 2.24) is 0 Å². The molecule has 0 aliphatic heterocycles. The van der Waals surface area contributed by atoms with E-state index in [0.717, 1.165) is 0 Å². The van der Waals surface area contributed by atoms with Crippen LogP contribution in [0.25, 0.3) is 0 Å². The first-order chi connectivity index (χ1) is 5.17. The number of carbonyl (C=O) groups is 1. The topological polar surface area (TPSA) is 55.8 Å². The first-order valence-corrected chi connectivity index (χ1v) is 3.08. The van der Waals surface area contributed by atoms with Crippen LogP contribution in [0.15, 0.2) is 12.3 Å². The second kappa shape index (κ2) is 4.73. The van der Waals surface area contributed by atoms with Gasteiger partial charge in [0, 0.05) is 0 Å². The molecule has 1 atom stereocenters. The quantitative estimate of drug-likeness (QED) is 0.462. The number of esters is 1. The molecule has 0 aromatic heterocycles. The summed E-state index contributed by atoms with van der Waals surface area (Å²) in [5.41, 5.74) is 0.